The van der Waals surface area contributed by atoms with Gasteiger partial charge in [-0.3, -0.25) is 9.89 Å². The van der Waals surface area contributed by atoms with Gasteiger partial charge in [0.25, 0.3) is 0 Å². The van der Waals surface area contributed by atoms with Crippen molar-refractivity contribution >= 4 is 5.96 Å². The van der Waals surface area contributed by atoms with Crippen molar-refractivity contribution in [3.05, 3.63) is 23.8 Å². The minimum absolute atomic E-state index is 0.706. The average Bonchev–Trinajstić information content (AvgIpc) is 2.95. The Morgan fingerprint density at radius 3 is 2.81 bits per heavy atom. The van der Waals surface area contributed by atoms with Crippen molar-refractivity contribution in [1.29, 1.82) is 0 Å². The number of piperidine rings is 1. The maximum Gasteiger partial charge on any atom is 0.191 e. The Morgan fingerprint density at radius 1 is 1.15 bits per heavy atom. The summed E-state index contributed by atoms with van der Waals surface area (Å²) in [5.41, 5.74) is 1.16. The van der Waals surface area contributed by atoms with E-state index in [9.17, 15) is 0 Å². The van der Waals surface area contributed by atoms with Crippen LogP contribution in [0.3, 0.4) is 0 Å². The lowest BCUT2D eigenvalue weighted by molar-refractivity contribution is 0.147. The molecular weight excluding hydrogens is 340 g/mol. The van der Waals surface area contributed by atoms with E-state index in [1.54, 1.807) is 0 Å². The first kappa shape index (κ1) is 19.8. The first-order valence-corrected chi connectivity index (χ1v) is 10.4. The summed E-state index contributed by atoms with van der Waals surface area (Å²) >= 11 is 0. The maximum absolute atomic E-state index is 5.77. The number of hydrogen-bond acceptors (Lipinski definition) is 4. The summed E-state index contributed by atoms with van der Waals surface area (Å²) in [5.74, 6) is 2.52. The molecule has 0 radical (unpaired) electrons. The first-order valence-electron chi connectivity index (χ1n) is 10.4. The molecule has 6 nitrogen and oxygen atoms in total. The van der Waals surface area contributed by atoms with Gasteiger partial charge in [-0.1, -0.05) is 19.4 Å². The van der Waals surface area contributed by atoms with E-state index in [0.29, 0.717) is 13.2 Å². The van der Waals surface area contributed by atoms with Crippen LogP contribution in [0.25, 0.3) is 0 Å². The number of likely N-dealkylation sites (tertiary alicyclic amines) is 1. The number of hydrogen-bond donors (Lipinski definition) is 2. The molecule has 1 saturated heterocycles. The van der Waals surface area contributed by atoms with Gasteiger partial charge in [0.1, 0.15) is 0 Å². The zero-order chi connectivity index (χ0) is 18.9. The van der Waals surface area contributed by atoms with Gasteiger partial charge in [-0.2, -0.15) is 0 Å². The number of fused-ring (bicyclic) bond motifs is 1. The lowest BCUT2D eigenvalue weighted by Crippen LogP contribution is -2.45. The molecule has 1 aromatic carbocycles. The Labute approximate surface area is 163 Å². The Balaban J connectivity index is 1.44. The van der Waals surface area contributed by atoms with Gasteiger partial charge in [-0.25, -0.2) is 0 Å². The fourth-order valence-corrected chi connectivity index (χ4v) is 3.86. The van der Waals surface area contributed by atoms with Gasteiger partial charge in [-0.05, 0) is 43.5 Å². The Hall–Kier alpha value is -1.95. The van der Waals surface area contributed by atoms with E-state index in [1.807, 2.05) is 13.1 Å². The third kappa shape index (κ3) is 5.76. The summed E-state index contributed by atoms with van der Waals surface area (Å²) in [5, 5.41) is 6.84. The molecular formula is C21H34N4O2. The molecule has 2 aliphatic heterocycles. The van der Waals surface area contributed by atoms with E-state index in [2.05, 4.69) is 39.6 Å². The number of benzene rings is 1. The summed E-state index contributed by atoms with van der Waals surface area (Å²) < 4.78 is 11.5. The summed E-state index contributed by atoms with van der Waals surface area (Å²) in [6.45, 7) is 7.65. The SMILES string of the molecule is CCC1CCCCN1CCNC(=NC)NCc1ccc2c(c1)OCCCO2. The highest BCUT2D eigenvalue weighted by molar-refractivity contribution is 5.79. The van der Waals surface area contributed by atoms with Crippen LogP contribution in [0.1, 0.15) is 44.6 Å². The van der Waals surface area contributed by atoms with E-state index >= 15 is 0 Å². The average molecular weight is 375 g/mol. The molecule has 0 saturated carbocycles. The molecule has 1 atom stereocenters. The minimum Gasteiger partial charge on any atom is -0.490 e. The monoisotopic (exact) mass is 374 g/mol. The molecule has 2 aliphatic rings. The lowest BCUT2D eigenvalue weighted by Gasteiger charge is -2.35. The fraction of sp³-hybridized carbons (Fsp3) is 0.667. The minimum atomic E-state index is 0.706. The van der Waals surface area contributed by atoms with Gasteiger partial charge < -0.3 is 20.1 Å². The predicted molar refractivity (Wildman–Crippen MR) is 110 cm³/mol. The van der Waals surface area contributed by atoms with Gasteiger partial charge >= 0.3 is 0 Å². The summed E-state index contributed by atoms with van der Waals surface area (Å²) in [6, 6.07) is 6.88. The van der Waals surface area contributed by atoms with Gasteiger partial charge in [0.15, 0.2) is 17.5 Å². The van der Waals surface area contributed by atoms with Crippen LogP contribution in [-0.4, -0.2) is 56.8 Å². The largest absolute Gasteiger partial charge is 0.490 e. The quantitative estimate of drug-likeness (QED) is 0.592. The molecule has 0 bridgehead atoms. The predicted octanol–water partition coefficient (Wildman–Crippen LogP) is 2.78. The first-order chi connectivity index (χ1) is 13.3. The number of nitrogens with one attached hydrogen (secondary N) is 2. The molecule has 150 valence electrons. The van der Waals surface area contributed by atoms with Crippen LogP contribution in [0, 0.1) is 0 Å². The number of ether oxygens (including phenoxy) is 2. The fourth-order valence-electron chi connectivity index (χ4n) is 3.86. The normalized spacial score (nSPS) is 20.8. The van der Waals surface area contributed by atoms with E-state index < -0.39 is 0 Å². The lowest BCUT2D eigenvalue weighted by atomic mass is 10.0. The third-order valence-corrected chi connectivity index (χ3v) is 5.41. The second-order valence-electron chi connectivity index (χ2n) is 7.28. The standard InChI is InChI=1S/C21H34N4O2/c1-3-18-7-4-5-11-25(18)12-10-23-21(22-2)24-16-17-8-9-19-20(15-17)27-14-6-13-26-19/h8-9,15,18H,3-7,10-14,16H2,1-2H3,(H2,22,23,24). The van der Waals surface area contributed by atoms with Crippen molar-refractivity contribution in [1.82, 2.24) is 15.5 Å². The highest BCUT2D eigenvalue weighted by Crippen LogP contribution is 2.30. The molecule has 27 heavy (non-hydrogen) atoms. The van der Waals surface area contributed by atoms with Crippen molar-refractivity contribution in [3.63, 3.8) is 0 Å². The van der Waals surface area contributed by atoms with Crippen LogP contribution >= 0.6 is 0 Å². The molecule has 0 amide bonds. The smallest absolute Gasteiger partial charge is 0.191 e. The third-order valence-electron chi connectivity index (χ3n) is 5.41. The Morgan fingerprint density at radius 2 is 2.00 bits per heavy atom. The number of guanidine groups is 1. The second kappa shape index (κ2) is 10.4. The molecule has 2 N–H and O–H groups in total. The highest BCUT2D eigenvalue weighted by Gasteiger charge is 2.20. The van der Waals surface area contributed by atoms with Crippen LogP contribution in [0.2, 0.25) is 0 Å². The van der Waals surface area contributed by atoms with Crippen LogP contribution in [-0.2, 0) is 6.54 Å². The summed E-state index contributed by atoms with van der Waals surface area (Å²) in [4.78, 5) is 6.97. The second-order valence-corrected chi connectivity index (χ2v) is 7.28. The summed E-state index contributed by atoms with van der Waals surface area (Å²) in [7, 11) is 1.82. The van der Waals surface area contributed by atoms with Gasteiger partial charge in [-0.15, -0.1) is 0 Å². The van der Waals surface area contributed by atoms with E-state index in [-0.39, 0.29) is 0 Å². The molecule has 1 fully saturated rings. The summed E-state index contributed by atoms with van der Waals surface area (Å²) in [6.07, 6.45) is 6.22. The van der Waals surface area contributed by atoms with Gasteiger partial charge in [0, 0.05) is 39.1 Å². The van der Waals surface area contributed by atoms with Crippen molar-refractivity contribution < 1.29 is 9.47 Å². The number of aliphatic imine (C=N–C) groups is 1. The Kier molecular flexibility index (Phi) is 7.63. The molecule has 0 aromatic heterocycles. The van der Waals surface area contributed by atoms with Gasteiger partial charge in [0.2, 0.25) is 0 Å². The van der Waals surface area contributed by atoms with Crippen LogP contribution < -0.4 is 20.1 Å². The molecule has 2 heterocycles. The van der Waals surface area contributed by atoms with Crippen molar-refractivity contribution in [2.24, 2.45) is 4.99 Å². The maximum atomic E-state index is 5.77. The zero-order valence-corrected chi connectivity index (χ0v) is 16.8. The van der Waals surface area contributed by atoms with Crippen LogP contribution in [0.15, 0.2) is 23.2 Å². The van der Waals surface area contributed by atoms with Crippen molar-refractivity contribution in [2.75, 3.05) is 39.9 Å². The molecule has 0 aliphatic carbocycles. The van der Waals surface area contributed by atoms with Crippen LogP contribution in [0.5, 0.6) is 11.5 Å². The molecule has 0 spiro atoms. The van der Waals surface area contributed by atoms with Crippen molar-refractivity contribution in [2.45, 2.75) is 51.6 Å². The van der Waals surface area contributed by atoms with E-state index in [4.69, 9.17) is 9.47 Å². The van der Waals surface area contributed by atoms with Gasteiger partial charge in [0.05, 0.1) is 13.2 Å². The number of nitrogens with zero attached hydrogens (tertiary/aromatic N) is 2. The van der Waals surface area contributed by atoms with Crippen molar-refractivity contribution in [3.8, 4) is 11.5 Å². The molecule has 6 heteroatoms. The molecule has 3 rings (SSSR count). The zero-order valence-electron chi connectivity index (χ0n) is 16.8. The topological polar surface area (TPSA) is 58.1 Å². The van der Waals surface area contributed by atoms with Crippen LogP contribution in [0.4, 0.5) is 0 Å². The number of rotatable bonds is 6. The molecule has 1 unspecified atom stereocenters. The molecule has 1 aromatic rings. The highest BCUT2D eigenvalue weighted by atomic mass is 16.5. The Bertz CT molecular complexity index is 620. The van der Waals surface area contributed by atoms with E-state index in [1.165, 1.54) is 32.2 Å². The van der Waals surface area contributed by atoms with E-state index in [0.717, 1.165) is 55.2 Å².